The monoisotopic (exact) mass is 272 g/mol. The molecular weight excluding hydrogens is 252 g/mol. The van der Waals surface area contributed by atoms with Gasteiger partial charge in [-0.3, -0.25) is 0 Å². The lowest BCUT2D eigenvalue weighted by Gasteiger charge is -2.17. The number of aryl methyl sites for hydroxylation is 1. The second-order valence-corrected chi connectivity index (χ2v) is 4.69. The summed E-state index contributed by atoms with van der Waals surface area (Å²) >= 11 is 0. The lowest BCUT2D eigenvalue weighted by molar-refractivity contribution is 0.0847. The summed E-state index contributed by atoms with van der Waals surface area (Å²) in [5.74, 6) is 0.625. The van der Waals surface area contributed by atoms with Crippen LogP contribution in [0.1, 0.15) is 48.7 Å². The van der Waals surface area contributed by atoms with Crippen LogP contribution in [0.2, 0.25) is 0 Å². The molecule has 0 saturated carbocycles. The van der Waals surface area contributed by atoms with Crippen molar-refractivity contribution in [3.05, 3.63) is 59.2 Å². The average Bonchev–Trinajstić information content (AvgIpc) is 2.45. The highest BCUT2D eigenvalue weighted by Crippen LogP contribution is 2.24. The maximum atomic E-state index is 9.64. The lowest BCUT2D eigenvalue weighted by Crippen LogP contribution is -2.12. The predicted octanol–water partition coefficient (Wildman–Crippen LogP) is 2.96. The van der Waals surface area contributed by atoms with Crippen LogP contribution in [-0.2, 0) is 4.74 Å². The first-order valence-corrected chi connectivity index (χ1v) is 6.81. The first-order chi connectivity index (χ1) is 9.63. The van der Waals surface area contributed by atoms with Gasteiger partial charge in [0.25, 0.3) is 0 Å². The van der Waals surface area contributed by atoms with Crippen molar-refractivity contribution in [1.29, 1.82) is 0 Å². The number of benzene rings is 1. The van der Waals surface area contributed by atoms with E-state index in [1.165, 1.54) is 0 Å². The number of ether oxygens (including phenoxy) is 1. The predicted molar refractivity (Wildman–Crippen MR) is 77.3 cm³/mol. The molecule has 0 aliphatic heterocycles. The first-order valence-electron chi connectivity index (χ1n) is 6.81. The number of aliphatic hydroxyl groups excluding tert-OH is 1. The highest BCUT2D eigenvalue weighted by atomic mass is 16.5. The number of rotatable bonds is 5. The molecule has 0 fully saturated rings. The zero-order chi connectivity index (χ0) is 14.5. The molecule has 0 spiro atoms. The van der Waals surface area contributed by atoms with Crippen molar-refractivity contribution in [1.82, 2.24) is 9.97 Å². The number of aromatic nitrogens is 2. The molecule has 0 radical (unpaired) electrons. The van der Waals surface area contributed by atoms with Crippen LogP contribution < -0.4 is 0 Å². The maximum absolute atomic E-state index is 9.64. The van der Waals surface area contributed by atoms with E-state index < -0.39 is 6.10 Å². The summed E-state index contributed by atoms with van der Waals surface area (Å²) in [6.07, 6.45) is 0.839. The van der Waals surface area contributed by atoms with E-state index >= 15 is 0 Å². The molecule has 1 aromatic heterocycles. The van der Waals surface area contributed by atoms with E-state index in [2.05, 4.69) is 9.97 Å². The maximum Gasteiger partial charge on any atom is 0.162 e. The third-order valence-corrected chi connectivity index (χ3v) is 3.16. The highest BCUT2D eigenvalue weighted by molar-refractivity contribution is 5.25. The third-order valence-electron chi connectivity index (χ3n) is 3.16. The van der Waals surface area contributed by atoms with E-state index in [-0.39, 0.29) is 6.10 Å². The second-order valence-electron chi connectivity index (χ2n) is 4.69. The summed E-state index contributed by atoms with van der Waals surface area (Å²) in [5.41, 5.74) is 2.56. The Labute approximate surface area is 119 Å². The Morgan fingerprint density at radius 1 is 1.25 bits per heavy atom. The smallest absolute Gasteiger partial charge is 0.162 e. The van der Waals surface area contributed by atoms with Gasteiger partial charge >= 0.3 is 0 Å². The zero-order valence-electron chi connectivity index (χ0n) is 12.1. The van der Waals surface area contributed by atoms with Gasteiger partial charge in [0.05, 0.1) is 6.10 Å². The summed E-state index contributed by atoms with van der Waals surface area (Å²) in [5, 5.41) is 9.64. The largest absolute Gasteiger partial charge is 0.389 e. The quantitative estimate of drug-likeness (QED) is 0.909. The molecule has 1 N–H and O–H groups in total. The van der Waals surface area contributed by atoms with E-state index in [0.717, 1.165) is 16.8 Å². The molecule has 2 unspecified atom stereocenters. The van der Waals surface area contributed by atoms with Crippen molar-refractivity contribution in [3.8, 4) is 0 Å². The van der Waals surface area contributed by atoms with Gasteiger partial charge in [-0.05, 0) is 26.3 Å². The minimum absolute atomic E-state index is 0.275. The van der Waals surface area contributed by atoms with Gasteiger partial charge in [0.2, 0.25) is 0 Å². The average molecular weight is 272 g/mol. The van der Waals surface area contributed by atoms with Crippen molar-refractivity contribution >= 4 is 0 Å². The summed E-state index contributed by atoms with van der Waals surface area (Å²) in [4.78, 5) is 8.85. The molecule has 0 amide bonds. The van der Waals surface area contributed by atoms with Gasteiger partial charge < -0.3 is 9.84 Å². The summed E-state index contributed by atoms with van der Waals surface area (Å²) in [6, 6.07) is 9.91. The molecule has 1 heterocycles. The van der Waals surface area contributed by atoms with Crippen LogP contribution in [0.3, 0.4) is 0 Å². The Morgan fingerprint density at radius 3 is 2.50 bits per heavy atom. The van der Waals surface area contributed by atoms with Gasteiger partial charge in [-0.1, -0.05) is 30.3 Å². The number of nitrogens with zero attached hydrogens (tertiary/aromatic N) is 2. The fraction of sp³-hybridized carbons (Fsp3) is 0.375. The lowest BCUT2D eigenvalue weighted by atomic mass is 10.1. The van der Waals surface area contributed by atoms with Gasteiger partial charge in [-0.15, -0.1) is 0 Å². The third kappa shape index (κ3) is 3.21. The van der Waals surface area contributed by atoms with Gasteiger partial charge in [0, 0.05) is 24.1 Å². The molecule has 0 aliphatic rings. The molecule has 2 rings (SSSR count). The van der Waals surface area contributed by atoms with Gasteiger partial charge in [-0.25, -0.2) is 9.97 Å². The molecule has 0 aliphatic carbocycles. The van der Waals surface area contributed by atoms with E-state index in [4.69, 9.17) is 4.74 Å². The van der Waals surface area contributed by atoms with Crippen molar-refractivity contribution < 1.29 is 9.84 Å². The highest BCUT2D eigenvalue weighted by Gasteiger charge is 2.18. The SMILES string of the molecule is CCOC(c1ccccc1)c1ncc(C(C)O)c(C)n1. The summed E-state index contributed by atoms with van der Waals surface area (Å²) in [6.45, 7) is 6.12. The van der Waals surface area contributed by atoms with Crippen LogP contribution in [0.5, 0.6) is 0 Å². The Morgan fingerprint density at radius 2 is 1.95 bits per heavy atom. The van der Waals surface area contributed by atoms with E-state index in [0.29, 0.717) is 12.4 Å². The molecule has 20 heavy (non-hydrogen) atoms. The molecule has 106 valence electrons. The van der Waals surface area contributed by atoms with Crippen molar-refractivity contribution in [3.63, 3.8) is 0 Å². The fourth-order valence-electron chi connectivity index (χ4n) is 2.15. The summed E-state index contributed by atoms with van der Waals surface area (Å²) < 4.78 is 5.78. The van der Waals surface area contributed by atoms with Crippen LogP contribution in [0.4, 0.5) is 0 Å². The molecule has 2 aromatic rings. The molecular formula is C16H20N2O2. The first kappa shape index (κ1) is 14.6. The molecule has 4 nitrogen and oxygen atoms in total. The minimum atomic E-state index is -0.564. The zero-order valence-corrected chi connectivity index (χ0v) is 12.1. The van der Waals surface area contributed by atoms with Gasteiger partial charge in [0.15, 0.2) is 5.82 Å². The Bertz CT molecular complexity index is 556. The van der Waals surface area contributed by atoms with Gasteiger partial charge in [-0.2, -0.15) is 0 Å². The van der Waals surface area contributed by atoms with Gasteiger partial charge in [0.1, 0.15) is 6.10 Å². The second kappa shape index (κ2) is 6.59. The van der Waals surface area contributed by atoms with Crippen molar-refractivity contribution in [2.45, 2.75) is 33.0 Å². The molecule has 0 saturated heterocycles. The molecule has 2 atom stereocenters. The molecule has 0 bridgehead atoms. The normalized spacial score (nSPS) is 14.0. The van der Waals surface area contributed by atoms with Crippen molar-refractivity contribution in [2.75, 3.05) is 6.61 Å². The number of hydrogen-bond acceptors (Lipinski definition) is 4. The standard InChI is InChI=1S/C16H20N2O2/c1-4-20-15(13-8-6-5-7-9-13)16-17-10-14(12(3)19)11(2)18-16/h5-10,12,15,19H,4H2,1-3H3. The Hall–Kier alpha value is -1.78. The van der Waals surface area contributed by atoms with Crippen LogP contribution in [0, 0.1) is 6.92 Å². The number of aliphatic hydroxyl groups is 1. The summed E-state index contributed by atoms with van der Waals surface area (Å²) in [7, 11) is 0. The van der Waals surface area contributed by atoms with Crippen molar-refractivity contribution in [2.24, 2.45) is 0 Å². The molecule has 4 heteroatoms. The van der Waals surface area contributed by atoms with Crippen LogP contribution in [0.15, 0.2) is 36.5 Å². The van der Waals surface area contributed by atoms with E-state index in [1.54, 1.807) is 13.1 Å². The van der Waals surface area contributed by atoms with Crippen LogP contribution in [-0.4, -0.2) is 21.7 Å². The van der Waals surface area contributed by atoms with Crippen LogP contribution >= 0.6 is 0 Å². The fourth-order valence-corrected chi connectivity index (χ4v) is 2.15. The molecule has 1 aromatic carbocycles. The number of hydrogen-bond donors (Lipinski definition) is 1. The van der Waals surface area contributed by atoms with E-state index in [1.807, 2.05) is 44.2 Å². The Balaban J connectivity index is 2.38. The Kier molecular flexibility index (Phi) is 4.82. The topological polar surface area (TPSA) is 55.2 Å². The van der Waals surface area contributed by atoms with E-state index in [9.17, 15) is 5.11 Å². The minimum Gasteiger partial charge on any atom is -0.389 e. The van der Waals surface area contributed by atoms with Crippen LogP contribution in [0.25, 0.3) is 0 Å².